The van der Waals surface area contributed by atoms with Crippen LogP contribution in [0.1, 0.15) is 44.7 Å². The maximum Gasteiger partial charge on any atom is 0.418 e. The van der Waals surface area contributed by atoms with Crippen LogP contribution in [0.4, 0.5) is 17.6 Å². The number of rotatable bonds is 6. The molecule has 1 atom stereocenters. The third-order valence-electron chi connectivity index (χ3n) is 5.35. The van der Waals surface area contributed by atoms with Crippen LogP contribution in [-0.4, -0.2) is 19.0 Å². The van der Waals surface area contributed by atoms with Gasteiger partial charge in [-0.25, -0.2) is 13.3 Å². The molecule has 0 aliphatic heterocycles. The van der Waals surface area contributed by atoms with E-state index in [2.05, 4.69) is 9.71 Å². The van der Waals surface area contributed by atoms with Gasteiger partial charge in [0.1, 0.15) is 5.82 Å². The van der Waals surface area contributed by atoms with Crippen LogP contribution in [-0.2, 0) is 30.3 Å². The van der Waals surface area contributed by atoms with Crippen molar-refractivity contribution < 1.29 is 21.8 Å². The summed E-state index contributed by atoms with van der Waals surface area (Å²) in [5.74, 6) is -0.743. The number of hydrogen-bond acceptors (Lipinski definition) is 2. The van der Waals surface area contributed by atoms with Crippen LogP contribution in [0.3, 0.4) is 0 Å². The molecule has 9 heteroatoms. The zero-order chi connectivity index (χ0) is 23.3. The first-order chi connectivity index (χ1) is 14.9. The molecule has 3 aromatic rings. The Morgan fingerprint density at radius 3 is 2.53 bits per heavy atom. The minimum absolute atomic E-state index is 0.115. The van der Waals surface area contributed by atoms with Gasteiger partial charge in [0, 0.05) is 53.4 Å². The van der Waals surface area contributed by atoms with Gasteiger partial charge in [0.15, 0.2) is 0 Å². The highest BCUT2D eigenvalue weighted by Gasteiger charge is 2.35. The second-order valence-corrected chi connectivity index (χ2v) is 11.0. The molecule has 1 aliphatic carbocycles. The average Bonchev–Trinajstić information content (AvgIpc) is 3.49. The molecular formula is C23H25F4N3OS. The molecule has 0 saturated heterocycles. The van der Waals surface area contributed by atoms with Crippen molar-refractivity contribution in [1.82, 2.24) is 14.3 Å². The Labute approximate surface area is 186 Å². The van der Waals surface area contributed by atoms with Crippen molar-refractivity contribution in [3.63, 3.8) is 0 Å². The molecule has 1 aliphatic rings. The summed E-state index contributed by atoms with van der Waals surface area (Å²) in [5, 5.41) is 0.757. The van der Waals surface area contributed by atoms with E-state index in [4.69, 9.17) is 0 Å². The Bertz CT molecular complexity index is 1180. The SMILES string of the molecule is CC(C)(C)Cn1cc(CNS(=O)C2CC2)c2cc(F)c(-c3ccncc3C(F)(F)F)cc21. The van der Waals surface area contributed by atoms with Gasteiger partial charge in [0.2, 0.25) is 0 Å². The fraction of sp³-hybridized carbons (Fsp3) is 0.435. The number of fused-ring (bicyclic) bond motifs is 1. The molecular weight excluding hydrogens is 442 g/mol. The third-order valence-corrected chi connectivity index (χ3v) is 6.85. The van der Waals surface area contributed by atoms with Gasteiger partial charge >= 0.3 is 6.18 Å². The highest BCUT2D eigenvalue weighted by atomic mass is 32.2. The van der Waals surface area contributed by atoms with Crippen molar-refractivity contribution in [2.24, 2.45) is 5.41 Å². The van der Waals surface area contributed by atoms with Crippen molar-refractivity contribution in [3.8, 4) is 11.1 Å². The van der Waals surface area contributed by atoms with E-state index in [1.165, 1.54) is 24.4 Å². The van der Waals surface area contributed by atoms with Crippen LogP contribution in [0.5, 0.6) is 0 Å². The van der Waals surface area contributed by atoms with E-state index < -0.39 is 28.5 Å². The van der Waals surface area contributed by atoms with Gasteiger partial charge < -0.3 is 4.57 Å². The van der Waals surface area contributed by atoms with Gasteiger partial charge in [-0.1, -0.05) is 20.8 Å². The minimum Gasteiger partial charge on any atom is -0.347 e. The fourth-order valence-electron chi connectivity index (χ4n) is 3.78. The zero-order valence-corrected chi connectivity index (χ0v) is 18.9. The molecule has 0 bridgehead atoms. The van der Waals surface area contributed by atoms with Crippen LogP contribution in [0.15, 0.2) is 36.8 Å². The molecule has 1 saturated carbocycles. The summed E-state index contributed by atoms with van der Waals surface area (Å²) in [6.07, 6.45) is 1.02. The Morgan fingerprint density at radius 2 is 1.91 bits per heavy atom. The van der Waals surface area contributed by atoms with Crippen LogP contribution < -0.4 is 4.72 Å². The molecule has 2 heterocycles. The lowest BCUT2D eigenvalue weighted by atomic mass is 9.96. The molecule has 1 N–H and O–H groups in total. The van der Waals surface area contributed by atoms with Crippen molar-refractivity contribution in [2.45, 2.75) is 58.1 Å². The first-order valence-corrected chi connectivity index (χ1v) is 11.6. The first kappa shape index (κ1) is 22.9. The van der Waals surface area contributed by atoms with Crippen molar-refractivity contribution >= 4 is 21.9 Å². The molecule has 4 rings (SSSR count). The molecule has 0 radical (unpaired) electrons. The highest BCUT2D eigenvalue weighted by Crippen LogP contribution is 2.39. The first-order valence-electron chi connectivity index (χ1n) is 10.4. The molecule has 1 fully saturated rings. The lowest BCUT2D eigenvalue weighted by molar-refractivity contribution is -0.137. The standard InChI is InChI=1S/C23H25F4N3OS/c1-22(2,3)13-30-12-14(10-29-32(31)15-4-5-15)17-8-20(24)18(9-21(17)30)16-6-7-28-11-19(16)23(25,26)27/h6-9,11-12,15,29H,4-5,10,13H2,1-3H3. The lowest BCUT2D eigenvalue weighted by Gasteiger charge is -2.20. The zero-order valence-electron chi connectivity index (χ0n) is 18.1. The Morgan fingerprint density at radius 1 is 1.19 bits per heavy atom. The summed E-state index contributed by atoms with van der Waals surface area (Å²) in [5.41, 5.74) is -0.0689. The number of nitrogens with zero attached hydrogens (tertiary/aromatic N) is 2. The molecule has 2 aromatic heterocycles. The van der Waals surface area contributed by atoms with Crippen LogP contribution >= 0.6 is 0 Å². The van der Waals surface area contributed by atoms with Gasteiger partial charge in [0.25, 0.3) is 0 Å². The van der Waals surface area contributed by atoms with E-state index in [-0.39, 0.29) is 21.8 Å². The highest BCUT2D eigenvalue weighted by molar-refractivity contribution is 7.83. The summed E-state index contributed by atoms with van der Waals surface area (Å²) >= 11 is 0. The fourth-order valence-corrected chi connectivity index (χ4v) is 4.87. The normalized spacial score (nSPS) is 16.0. The summed E-state index contributed by atoms with van der Waals surface area (Å²) in [6.45, 7) is 7.03. The van der Waals surface area contributed by atoms with Crippen LogP contribution in [0.2, 0.25) is 0 Å². The summed E-state index contributed by atoms with van der Waals surface area (Å²) in [7, 11) is -1.15. The van der Waals surface area contributed by atoms with Crippen molar-refractivity contribution in [3.05, 3.63) is 53.7 Å². The smallest absolute Gasteiger partial charge is 0.347 e. The molecule has 172 valence electrons. The molecule has 1 aromatic carbocycles. The second kappa shape index (κ2) is 8.26. The number of pyridine rings is 1. The molecule has 0 amide bonds. The van der Waals surface area contributed by atoms with Crippen LogP contribution in [0.25, 0.3) is 22.0 Å². The second-order valence-electron chi connectivity index (χ2n) is 9.43. The van der Waals surface area contributed by atoms with Crippen molar-refractivity contribution in [1.29, 1.82) is 0 Å². The van der Waals surface area contributed by atoms with E-state index in [0.717, 1.165) is 24.6 Å². The molecule has 4 nitrogen and oxygen atoms in total. The van der Waals surface area contributed by atoms with Crippen LogP contribution in [0, 0.1) is 11.2 Å². The number of aromatic nitrogens is 2. The maximum absolute atomic E-state index is 15.2. The average molecular weight is 468 g/mol. The number of hydrogen-bond donors (Lipinski definition) is 1. The summed E-state index contributed by atoms with van der Waals surface area (Å²) in [6, 6.07) is 3.94. The Hall–Kier alpha value is -2.26. The minimum atomic E-state index is -4.65. The van der Waals surface area contributed by atoms with E-state index >= 15 is 4.39 Å². The number of benzene rings is 1. The topological polar surface area (TPSA) is 46.9 Å². The van der Waals surface area contributed by atoms with Gasteiger partial charge in [-0.05, 0) is 47.6 Å². The van der Waals surface area contributed by atoms with Gasteiger partial charge in [-0.2, -0.15) is 13.2 Å². The molecule has 32 heavy (non-hydrogen) atoms. The Kier molecular flexibility index (Phi) is 5.92. The predicted molar refractivity (Wildman–Crippen MR) is 118 cm³/mol. The van der Waals surface area contributed by atoms with E-state index in [0.29, 0.717) is 24.0 Å². The quantitative estimate of drug-likeness (QED) is 0.464. The van der Waals surface area contributed by atoms with E-state index in [9.17, 15) is 17.4 Å². The largest absolute Gasteiger partial charge is 0.418 e. The Balaban J connectivity index is 1.83. The monoisotopic (exact) mass is 467 g/mol. The number of nitrogens with one attached hydrogen (secondary N) is 1. The maximum atomic E-state index is 15.2. The van der Waals surface area contributed by atoms with Gasteiger partial charge in [-0.15, -0.1) is 0 Å². The third kappa shape index (κ3) is 4.88. The van der Waals surface area contributed by atoms with E-state index in [1.54, 1.807) is 0 Å². The van der Waals surface area contributed by atoms with E-state index in [1.807, 2.05) is 31.5 Å². The predicted octanol–water partition coefficient (Wildman–Crippen LogP) is 5.82. The molecule has 1 unspecified atom stereocenters. The summed E-state index contributed by atoms with van der Waals surface area (Å²) < 4.78 is 72.9. The van der Waals surface area contributed by atoms with Crippen molar-refractivity contribution in [2.75, 3.05) is 0 Å². The van der Waals surface area contributed by atoms with Gasteiger partial charge in [0.05, 0.1) is 16.5 Å². The lowest BCUT2D eigenvalue weighted by Crippen LogP contribution is -2.19. The number of alkyl halides is 3. The summed E-state index contributed by atoms with van der Waals surface area (Å²) in [4.78, 5) is 3.57. The number of halogens is 4. The van der Waals surface area contributed by atoms with Gasteiger partial charge in [-0.3, -0.25) is 4.98 Å². The molecule has 0 spiro atoms.